The summed E-state index contributed by atoms with van der Waals surface area (Å²) in [4.78, 5) is 12.3. The molecule has 1 aliphatic carbocycles. The van der Waals surface area contributed by atoms with E-state index in [-0.39, 0.29) is 23.0 Å². The summed E-state index contributed by atoms with van der Waals surface area (Å²) in [5.41, 5.74) is -0.0538. The van der Waals surface area contributed by atoms with Gasteiger partial charge in [-0.25, -0.2) is 0 Å². The number of hydrogen-bond donors (Lipinski definition) is 0. The summed E-state index contributed by atoms with van der Waals surface area (Å²) < 4.78 is 10.6. The first-order valence-electron chi connectivity index (χ1n) is 5.73. The van der Waals surface area contributed by atoms with Crippen LogP contribution in [-0.4, -0.2) is 5.78 Å². The molecule has 3 nitrogen and oxygen atoms in total. The predicted octanol–water partition coefficient (Wildman–Crippen LogP) is 3.50. The van der Waals surface area contributed by atoms with Crippen LogP contribution >= 0.6 is 0 Å². The second kappa shape index (κ2) is 3.36. The van der Waals surface area contributed by atoms with E-state index in [1.165, 1.54) is 6.26 Å². The van der Waals surface area contributed by atoms with Crippen molar-refractivity contribution in [2.24, 2.45) is 11.3 Å². The normalized spacial score (nSPS) is 25.8. The quantitative estimate of drug-likeness (QED) is 0.758. The van der Waals surface area contributed by atoms with Gasteiger partial charge in [-0.2, -0.15) is 0 Å². The largest absolute Gasteiger partial charge is 0.469 e. The van der Waals surface area contributed by atoms with Crippen LogP contribution in [-0.2, 0) is 0 Å². The number of carbonyl (C=O) groups is 1. The fourth-order valence-corrected chi connectivity index (χ4v) is 2.70. The standard InChI is InChI=1S/C14H14O3/c1-14(2)11(9-5-3-7-16-9)12(14)13(15)10-6-4-8-17-10/h3-8,11-12H,1-2H3/t11-,12+/m1/s1. The molecule has 0 radical (unpaired) electrons. The maximum atomic E-state index is 12.3. The third-order valence-corrected chi connectivity index (χ3v) is 3.72. The van der Waals surface area contributed by atoms with Gasteiger partial charge in [-0.1, -0.05) is 13.8 Å². The zero-order valence-corrected chi connectivity index (χ0v) is 9.84. The van der Waals surface area contributed by atoms with Crippen LogP contribution in [0.25, 0.3) is 0 Å². The van der Waals surface area contributed by atoms with Crippen LogP contribution in [0.1, 0.15) is 36.1 Å². The summed E-state index contributed by atoms with van der Waals surface area (Å²) in [6, 6.07) is 7.25. The highest BCUT2D eigenvalue weighted by molar-refractivity contribution is 5.99. The molecular formula is C14H14O3. The highest BCUT2D eigenvalue weighted by atomic mass is 16.3. The van der Waals surface area contributed by atoms with E-state index in [0.717, 1.165) is 5.76 Å². The van der Waals surface area contributed by atoms with Gasteiger partial charge in [0.05, 0.1) is 12.5 Å². The van der Waals surface area contributed by atoms with E-state index in [9.17, 15) is 4.79 Å². The van der Waals surface area contributed by atoms with E-state index in [1.807, 2.05) is 12.1 Å². The second-order valence-electron chi connectivity index (χ2n) is 5.13. The van der Waals surface area contributed by atoms with Crippen LogP contribution in [0.2, 0.25) is 0 Å². The minimum absolute atomic E-state index is 0.0419. The first kappa shape index (κ1) is 10.4. The number of rotatable bonds is 3. The summed E-state index contributed by atoms with van der Waals surface area (Å²) in [5.74, 6) is 1.52. The summed E-state index contributed by atoms with van der Waals surface area (Å²) in [6.45, 7) is 4.18. The van der Waals surface area contributed by atoms with Crippen molar-refractivity contribution in [2.75, 3.05) is 0 Å². The lowest BCUT2D eigenvalue weighted by Crippen LogP contribution is -2.05. The highest BCUT2D eigenvalue weighted by Gasteiger charge is 2.64. The van der Waals surface area contributed by atoms with Crippen LogP contribution in [0.15, 0.2) is 45.6 Å². The monoisotopic (exact) mass is 230 g/mol. The Morgan fingerprint density at radius 1 is 1.18 bits per heavy atom. The van der Waals surface area contributed by atoms with Gasteiger partial charge in [-0.05, 0) is 29.7 Å². The van der Waals surface area contributed by atoms with Crippen LogP contribution in [0.3, 0.4) is 0 Å². The average molecular weight is 230 g/mol. The molecule has 0 aliphatic heterocycles. The van der Waals surface area contributed by atoms with Crippen molar-refractivity contribution >= 4 is 5.78 Å². The van der Waals surface area contributed by atoms with E-state index < -0.39 is 0 Å². The Morgan fingerprint density at radius 2 is 1.88 bits per heavy atom. The van der Waals surface area contributed by atoms with Crippen LogP contribution in [0.5, 0.6) is 0 Å². The molecular weight excluding hydrogens is 216 g/mol. The smallest absolute Gasteiger partial charge is 0.202 e. The van der Waals surface area contributed by atoms with E-state index in [0.29, 0.717) is 5.76 Å². The molecule has 1 saturated carbocycles. The van der Waals surface area contributed by atoms with Crippen molar-refractivity contribution in [3.63, 3.8) is 0 Å². The minimum atomic E-state index is -0.0538. The summed E-state index contributed by atoms with van der Waals surface area (Å²) >= 11 is 0. The van der Waals surface area contributed by atoms with E-state index in [1.54, 1.807) is 18.4 Å². The van der Waals surface area contributed by atoms with Crippen molar-refractivity contribution in [3.05, 3.63) is 48.3 Å². The molecule has 0 N–H and O–H groups in total. The molecule has 2 atom stereocenters. The maximum absolute atomic E-state index is 12.3. The van der Waals surface area contributed by atoms with Gasteiger partial charge in [0.15, 0.2) is 5.76 Å². The Bertz CT molecular complexity index is 520. The van der Waals surface area contributed by atoms with E-state index in [4.69, 9.17) is 8.83 Å². The second-order valence-corrected chi connectivity index (χ2v) is 5.13. The van der Waals surface area contributed by atoms with Crippen LogP contribution < -0.4 is 0 Å². The molecule has 3 heteroatoms. The molecule has 0 bridgehead atoms. The first-order chi connectivity index (χ1) is 8.12. The Hall–Kier alpha value is -1.77. The molecule has 88 valence electrons. The van der Waals surface area contributed by atoms with Gasteiger partial charge in [-0.3, -0.25) is 4.79 Å². The van der Waals surface area contributed by atoms with Gasteiger partial charge in [-0.15, -0.1) is 0 Å². The van der Waals surface area contributed by atoms with Gasteiger partial charge in [0.2, 0.25) is 5.78 Å². The third-order valence-electron chi connectivity index (χ3n) is 3.72. The van der Waals surface area contributed by atoms with E-state index in [2.05, 4.69) is 13.8 Å². The lowest BCUT2D eigenvalue weighted by Gasteiger charge is -1.99. The predicted molar refractivity (Wildman–Crippen MR) is 61.8 cm³/mol. The number of Topliss-reactive ketones (excluding diaryl/α,β-unsaturated/α-hetero) is 1. The molecule has 2 aromatic rings. The number of furan rings is 2. The topological polar surface area (TPSA) is 43.4 Å². The van der Waals surface area contributed by atoms with Gasteiger partial charge in [0.1, 0.15) is 5.76 Å². The average Bonchev–Trinajstić information content (AvgIpc) is 2.83. The van der Waals surface area contributed by atoms with Gasteiger partial charge >= 0.3 is 0 Å². The van der Waals surface area contributed by atoms with Crippen LogP contribution in [0.4, 0.5) is 0 Å². The molecule has 0 amide bonds. The molecule has 0 spiro atoms. The molecule has 0 unspecified atom stereocenters. The first-order valence-corrected chi connectivity index (χ1v) is 5.73. The van der Waals surface area contributed by atoms with Crippen molar-refractivity contribution in [1.29, 1.82) is 0 Å². The zero-order chi connectivity index (χ0) is 12.0. The van der Waals surface area contributed by atoms with Crippen molar-refractivity contribution in [3.8, 4) is 0 Å². The number of hydrogen-bond acceptors (Lipinski definition) is 3. The van der Waals surface area contributed by atoms with Gasteiger partial charge in [0, 0.05) is 11.8 Å². The van der Waals surface area contributed by atoms with Gasteiger partial charge in [0.25, 0.3) is 0 Å². The lowest BCUT2D eigenvalue weighted by molar-refractivity contribution is 0.0923. The molecule has 1 fully saturated rings. The Balaban J connectivity index is 1.89. The minimum Gasteiger partial charge on any atom is -0.469 e. The summed E-state index contributed by atoms with van der Waals surface area (Å²) in [6.07, 6.45) is 3.18. The fourth-order valence-electron chi connectivity index (χ4n) is 2.70. The molecule has 3 rings (SSSR count). The maximum Gasteiger partial charge on any atom is 0.202 e. The highest BCUT2D eigenvalue weighted by Crippen LogP contribution is 2.65. The summed E-state index contributed by atoms with van der Waals surface area (Å²) in [5, 5.41) is 0. The molecule has 0 saturated heterocycles. The number of ketones is 1. The lowest BCUT2D eigenvalue weighted by atomic mass is 10.1. The fraction of sp³-hybridized carbons (Fsp3) is 0.357. The van der Waals surface area contributed by atoms with Crippen molar-refractivity contribution < 1.29 is 13.6 Å². The molecule has 0 aromatic carbocycles. The van der Waals surface area contributed by atoms with Crippen molar-refractivity contribution in [2.45, 2.75) is 19.8 Å². The Morgan fingerprint density at radius 3 is 2.47 bits per heavy atom. The summed E-state index contributed by atoms with van der Waals surface area (Å²) in [7, 11) is 0. The molecule has 2 aromatic heterocycles. The Labute approximate surface area is 99.4 Å². The van der Waals surface area contributed by atoms with E-state index >= 15 is 0 Å². The van der Waals surface area contributed by atoms with Crippen LogP contribution in [0, 0.1) is 11.3 Å². The zero-order valence-electron chi connectivity index (χ0n) is 9.84. The number of carbonyl (C=O) groups excluding carboxylic acids is 1. The third kappa shape index (κ3) is 1.46. The Kier molecular flexibility index (Phi) is 2.05. The van der Waals surface area contributed by atoms with Gasteiger partial charge < -0.3 is 8.83 Å². The SMILES string of the molecule is CC1(C)[C@H](C(=O)c2ccco2)[C@H]1c1ccco1. The molecule has 17 heavy (non-hydrogen) atoms. The molecule has 1 aliphatic rings. The van der Waals surface area contributed by atoms with Crippen molar-refractivity contribution in [1.82, 2.24) is 0 Å². The molecule has 2 heterocycles.